The van der Waals surface area contributed by atoms with E-state index in [2.05, 4.69) is 11.4 Å². The van der Waals surface area contributed by atoms with Crippen molar-refractivity contribution in [3.63, 3.8) is 0 Å². The van der Waals surface area contributed by atoms with Crippen LogP contribution < -0.4 is 5.32 Å². The van der Waals surface area contributed by atoms with E-state index in [4.69, 9.17) is 0 Å². The average Bonchev–Trinajstić information content (AvgIpc) is 3.06. The molecule has 2 aliphatic rings. The number of rotatable bonds is 8. The maximum Gasteiger partial charge on any atom is 0.247 e. The van der Waals surface area contributed by atoms with Gasteiger partial charge in [-0.25, -0.2) is 0 Å². The first-order valence-electron chi connectivity index (χ1n) is 14.7. The first-order valence-corrected chi connectivity index (χ1v) is 14.7. The third-order valence-corrected chi connectivity index (χ3v) is 8.50. The van der Waals surface area contributed by atoms with E-state index in [0.717, 1.165) is 22.3 Å². The van der Waals surface area contributed by atoms with E-state index in [1.807, 2.05) is 54.6 Å². The standard InChI is InChI=1S/C36H32N4O4/c37-22-26-10-14-27(15-11-26)33(34(42)38-19-18-24-12-16-30(41)17-13-24)40-32(20-25-6-2-1-3-7-25)35(43)39-23-29-9-5-4-8-28(29)21-31(39)36(40)44/h1-17,31-33,41H,18-21,23H2,(H,38,42)/t31-,32-,33?/m0/s1. The van der Waals surface area contributed by atoms with Crippen LogP contribution in [-0.4, -0.2) is 51.3 Å². The van der Waals surface area contributed by atoms with Gasteiger partial charge >= 0.3 is 0 Å². The SMILES string of the molecule is N#Cc1ccc(C(C(=O)NCCc2ccc(O)cc2)N2C(=O)[C@@H]3Cc4ccccc4CN3C(=O)[C@@H]2Cc2ccccc2)cc1. The van der Waals surface area contributed by atoms with Crippen LogP contribution in [0.2, 0.25) is 0 Å². The minimum absolute atomic E-state index is 0.163. The molecule has 6 rings (SSSR count). The van der Waals surface area contributed by atoms with E-state index in [1.54, 1.807) is 53.4 Å². The Morgan fingerprint density at radius 2 is 1.55 bits per heavy atom. The zero-order chi connectivity index (χ0) is 30.6. The van der Waals surface area contributed by atoms with Crippen LogP contribution in [0.1, 0.15) is 39.4 Å². The molecular formula is C36H32N4O4. The number of piperazine rings is 1. The molecule has 0 bridgehead atoms. The summed E-state index contributed by atoms with van der Waals surface area (Å²) in [4.78, 5) is 46.2. The third-order valence-electron chi connectivity index (χ3n) is 8.50. The van der Waals surface area contributed by atoms with Crippen molar-refractivity contribution in [1.29, 1.82) is 5.26 Å². The lowest BCUT2D eigenvalue weighted by Gasteiger charge is -2.49. The zero-order valence-electron chi connectivity index (χ0n) is 24.1. The first kappa shape index (κ1) is 28.7. The molecule has 0 aliphatic carbocycles. The second-order valence-corrected chi connectivity index (χ2v) is 11.2. The Bertz CT molecular complexity index is 1710. The zero-order valence-corrected chi connectivity index (χ0v) is 24.1. The van der Waals surface area contributed by atoms with Crippen molar-refractivity contribution in [3.05, 3.63) is 137 Å². The summed E-state index contributed by atoms with van der Waals surface area (Å²) >= 11 is 0. The lowest BCUT2D eigenvalue weighted by molar-refractivity contribution is -0.168. The van der Waals surface area contributed by atoms with Crippen LogP contribution in [0.3, 0.4) is 0 Å². The molecule has 4 aromatic carbocycles. The summed E-state index contributed by atoms with van der Waals surface area (Å²) in [7, 11) is 0. The van der Waals surface area contributed by atoms with E-state index in [1.165, 1.54) is 4.90 Å². The first-order chi connectivity index (χ1) is 21.4. The number of hydrogen-bond donors (Lipinski definition) is 2. The van der Waals surface area contributed by atoms with Crippen molar-refractivity contribution in [1.82, 2.24) is 15.1 Å². The van der Waals surface area contributed by atoms with Crippen LogP contribution in [0.5, 0.6) is 5.75 Å². The molecular weight excluding hydrogens is 552 g/mol. The van der Waals surface area contributed by atoms with Gasteiger partial charge in [0.1, 0.15) is 23.9 Å². The van der Waals surface area contributed by atoms with Crippen molar-refractivity contribution in [2.24, 2.45) is 0 Å². The fourth-order valence-corrected chi connectivity index (χ4v) is 6.21. The van der Waals surface area contributed by atoms with E-state index in [-0.39, 0.29) is 24.0 Å². The molecule has 0 spiro atoms. The topological polar surface area (TPSA) is 114 Å². The molecule has 4 aromatic rings. The Labute approximate surface area is 256 Å². The fraction of sp³-hybridized carbons (Fsp3) is 0.222. The van der Waals surface area contributed by atoms with Crippen molar-refractivity contribution < 1.29 is 19.5 Å². The maximum atomic E-state index is 14.6. The Kier molecular flexibility index (Phi) is 8.11. The molecule has 3 amide bonds. The number of phenolic OH excluding ortho intramolecular Hbond substituents is 1. The van der Waals surface area contributed by atoms with Gasteiger partial charge < -0.3 is 20.2 Å². The number of nitriles is 1. The number of carbonyl (C=O) groups excluding carboxylic acids is 3. The van der Waals surface area contributed by atoms with E-state index >= 15 is 0 Å². The molecule has 220 valence electrons. The summed E-state index contributed by atoms with van der Waals surface area (Å²) in [5.41, 5.74) is 4.80. The number of nitrogens with one attached hydrogen (secondary N) is 1. The van der Waals surface area contributed by atoms with Crippen molar-refractivity contribution in [2.75, 3.05) is 6.54 Å². The van der Waals surface area contributed by atoms with Crippen LogP contribution in [0, 0.1) is 11.3 Å². The Balaban J connectivity index is 1.38. The Morgan fingerprint density at radius 1 is 0.864 bits per heavy atom. The smallest absolute Gasteiger partial charge is 0.247 e. The summed E-state index contributed by atoms with van der Waals surface area (Å²) in [5.74, 6) is -0.709. The molecule has 8 heteroatoms. The van der Waals surface area contributed by atoms with Gasteiger partial charge in [-0.3, -0.25) is 14.4 Å². The molecule has 1 unspecified atom stereocenters. The highest BCUT2D eigenvalue weighted by Gasteiger charge is 2.51. The molecule has 2 heterocycles. The lowest BCUT2D eigenvalue weighted by Crippen LogP contribution is -2.68. The van der Waals surface area contributed by atoms with Gasteiger partial charge in [-0.2, -0.15) is 5.26 Å². The fourth-order valence-electron chi connectivity index (χ4n) is 6.21. The maximum absolute atomic E-state index is 14.6. The van der Waals surface area contributed by atoms with E-state index < -0.39 is 24.0 Å². The van der Waals surface area contributed by atoms with Crippen LogP contribution in [0.15, 0.2) is 103 Å². The van der Waals surface area contributed by atoms with Crippen LogP contribution in [-0.2, 0) is 40.2 Å². The van der Waals surface area contributed by atoms with Gasteiger partial charge in [-0.05, 0) is 58.5 Å². The second kappa shape index (κ2) is 12.4. The molecule has 1 fully saturated rings. The molecule has 8 nitrogen and oxygen atoms in total. The summed E-state index contributed by atoms with van der Waals surface area (Å²) in [5, 5.41) is 22.0. The van der Waals surface area contributed by atoms with Gasteiger partial charge in [-0.1, -0.05) is 78.9 Å². The molecule has 2 aliphatic heterocycles. The van der Waals surface area contributed by atoms with Crippen molar-refractivity contribution >= 4 is 17.7 Å². The van der Waals surface area contributed by atoms with Crippen LogP contribution >= 0.6 is 0 Å². The number of benzene rings is 4. The van der Waals surface area contributed by atoms with Gasteiger partial charge in [0.05, 0.1) is 11.6 Å². The summed E-state index contributed by atoms with van der Waals surface area (Å²) < 4.78 is 0. The predicted molar refractivity (Wildman–Crippen MR) is 164 cm³/mol. The molecule has 44 heavy (non-hydrogen) atoms. The lowest BCUT2D eigenvalue weighted by atomic mass is 9.87. The van der Waals surface area contributed by atoms with Gasteiger partial charge in [0.2, 0.25) is 17.7 Å². The number of amides is 3. The summed E-state index contributed by atoms with van der Waals surface area (Å²) in [6.07, 6.45) is 1.14. The monoisotopic (exact) mass is 584 g/mol. The average molecular weight is 585 g/mol. The van der Waals surface area contributed by atoms with Gasteiger partial charge in [-0.15, -0.1) is 0 Å². The molecule has 0 radical (unpaired) electrons. The van der Waals surface area contributed by atoms with E-state index in [0.29, 0.717) is 37.1 Å². The minimum Gasteiger partial charge on any atom is -0.508 e. The second-order valence-electron chi connectivity index (χ2n) is 11.2. The molecule has 3 atom stereocenters. The highest BCUT2D eigenvalue weighted by molar-refractivity contribution is 6.00. The van der Waals surface area contributed by atoms with Crippen molar-refractivity contribution in [3.8, 4) is 11.8 Å². The molecule has 0 aromatic heterocycles. The summed E-state index contributed by atoms with van der Waals surface area (Å²) in [6, 6.07) is 30.1. The quantitative estimate of drug-likeness (QED) is 0.324. The van der Waals surface area contributed by atoms with Gasteiger partial charge in [0.25, 0.3) is 0 Å². The van der Waals surface area contributed by atoms with E-state index in [9.17, 15) is 24.8 Å². The molecule has 2 N–H and O–H groups in total. The number of hydrogen-bond acceptors (Lipinski definition) is 5. The normalized spacial score (nSPS) is 18.2. The predicted octanol–water partition coefficient (Wildman–Crippen LogP) is 4.07. The van der Waals surface area contributed by atoms with Crippen LogP contribution in [0.25, 0.3) is 0 Å². The number of fused-ring (bicyclic) bond motifs is 2. The molecule has 1 saturated heterocycles. The Hall–Kier alpha value is -5.42. The number of nitrogens with zero attached hydrogens (tertiary/aromatic N) is 3. The molecule has 0 saturated carbocycles. The Morgan fingerprint density at radius 3 is 2.25 bits per heavy atom. The highest BCUT2D eigenvalue weighted by Crippen LogP contribution is 2.36. The van der Waals surface area contributed by atoms with Crippen molar-refractivity contribution in [2.45, 2.75) is 43.9 Å². The van der Waals surface area contributed by atoms with Gasteiger partial charge in [0, 0.05) is 25.9 Å². The highest BCUT2D eigenvalue weighted by atomic mass is 16.3. The number of carbonyl (C=O) groups is 3. The third kappa shape index (κ3) is 5.77. The largest absolute Gasteiger partial charge is 0.508 e. The summed E-state index contributed by atoms with van der Waals surface area (Å²) in [6.45, 7) is 0.629. The van der Waals surface area contributed by atoms with Gasteiger partial charge in [0.15, 0.2) is 0 Å². The minimum atomic E-state index is -1.09. The number of phenols is 1. The van der Waals surface area contributed by atoms with Crippen LogP contribution in [0.4, 0.5) is 0 Å². The number of aromatic hydroxyl groups is 1.